The first-order valence-electron chi connectivity index (χ1n) is 5.74. The van der Waals surface area contributed by atoms with Crippen molar-refractivity contribution in [1.29, 1.82) is 0 Å². The van der Waals surface area contributed by atoms with Gasteiger partial charge in [-0.15, -0.1) is 10.2 Å². The predicted molar refractivity (Wildman–Crippen MR) is 75.7 cm³/mol. The van der Waals surface area contributed by atoms with Crippen molar-refractivity contribution in [3.8, 4) is 0 Å². The lowest BCUT2D eigenvalue weighted by atomic mass is 10.3. The molecule has 0 radical (unpaired) electrons. The quantitative estimate of drug-likeness (QED) is 0.420. The number of nitrogens with zero attached hydrogens (tertiary/aromatic N) is 3. The number of thioether (sulfide) groups is 1. The molecule has 0 fully saturated rings. The number of thiazole rings is 1. The van der Waals surface area contributed by atoms with Crippen molar-refractivity contribution in [2.45, 2.75) is 12.1 Å². The van der Waals surface area contributed by atoms with Crippen molar-refractivity contribution in [1.82, 2.24) is 14.6 Å². The second-order valence-corrected chi connectivity index (χ2v) is 5.93. The fourth-order valence-corrected chi connectivity index (χ4v) is 3.55. The average Bonchev–Trinajstić information content (AvgIpc) is 2.93. The van der Waals surface area contributed by atoms with Crippen LogP contribution in [0.25, 0.3) is 15.2 Å². The number of rotatable bonds is 4. The minimum atomic E-state index is -0.257. The SMILES string of the molecule is CC(=O)OCCSc1nnc2sc3ccccc3n12. The third-order valence-corrected chi connectivity index (χ3v) is 4.44. The summed E-state index contributed by atoms with van der Waals surface area (Å²) in [5.41, 5.74) is 1.11. The van der Waals surface area contributed by atoms with Crippen LogP contribution in [0.3, 0.4) is 0 Å². The molecule has 0 spiro atoms. The van der Waals surface area contributed by atoms with E-state index in [9.17, 15) is 4.79 Å². The maximum absolute atomic E-state index is 10.7. The van der Waals surface area contributed by atoms with Gasteiger partial charge in [-0.25, -0.2) is 0 Å². The van der Waals surface area contributed by atoms with Gasteiger partial charge in [0.15, 0.2) is 5.16 Å². The first-order valence-corrected chi connectivity index (χ1v) is 7.55. The number of carbonyl (C=O) groups excluding carboxylic acids is 1. The second kappa shape index (κ2) is 5.18. The van der Waals surface area contributed by atoms with Crippen molar-refractivity contribution in [3.63, 3.8) is 0 Å². The number of esters is 1. The molecule has 2 heterocycles. The van der Waals surface area contributed by atoms with Gasteiger partial charge in [-0.05, 0) is 12.1 Å². The van der Waals surface area contributed by atoms with E-state index in [1.807, 2.05) is 16.5 Å². The van der Waals surface area contributed by atoms with E-state index in [0.717, 1.165) is 15.6 Å². The molecule has 0 atom stereocenters. The van der Waals surface area contributed by atoms with Gasteiger partial charge in [0.2, 0.25) is 4.96 Å². The molecule has 3 aromatic rings. The average molecular weight is 293 g/mol. The number of fused-ring (bicyclic) bond motifs is 3. The highest BCUT2D eigenvalue weighted by molar-refractivity contribution is 7.99. The number of ether oxygens (including phenoxy) is 1. The topological polar surface area (TPSA) is 56.5 Å². The molecule has 5 nitrogen and oxygen atoms in total. The molecule has 98 valence electrons. The summed E-state index contributed by atoms with van der Waals surface area (Å²) in [7, 11) is 0. The number of hydrogen-bond acceptors (Lipinski definition) is 6. The van der Waals surface area contributed by atoms with Gasteiger partial charge in [0.05, 0.1) is 10.2 Å². The van der Waals surface area contributed by atoms with E-state index in [0.29, 0.717) is 12.4 Å². The first-order chi connectivity index (χ1) is 9.25. The van der Waals surface area contributed by atoms with Crippen LogP contribution in [-0.2, 0) is 9.53 Å². The Morgan fingerprint density at radius 1 is 1.42 bits per heavy atom. The smallest absolute Gasteiger partial charge is 0.302 e. The lowest BCUT2D eigenvalue weighted by Crippen LogP contribution is -2.02. The summed E-state index contributed by atoms with van der Waals surface area (Å²) >= 11 is 3.15. The van der Waals surface area contributed by atoms with E-state index in [4.69, 9.17) is 4.74 Å². The lowest BCUT2D eigenvalue weighted by Gasteiger charge is -2.00. The van der Waals surface area contributed by atoms with Crippen molar-refractivity contribution in [2.24, 2.45) is 0 Å². The Bertz CT molecular complexity index is 735. The maximum atomic E-state index is 10.7. The van der Waals surface area contributed by atoms with Crippen LogP contribution in [0.1, 0.15) is 6.92 Å². The largest absolute Gasteiger partial charge is 0.465 e. The molecule has 0 saturated carbocycles. The molecular formula is C12H11N3O2S2. The molecule has 0 bridgehead atoms. The van der Waals surface area contributed by atoms with Gasteiger partial charge in [-0.3, -0.25) is 9.20 Å². The summed E-state index contributed by atoms with van der Waals surface area (Å²) in [5, 5.41) is 9.17. The molecule has 2 aromatic heterocycles. The molecule has 19 heavy (non-hydrogen) atoms. The van der Waals surface area contributed by atoms with Crippen LogP contribution in [0.5, 0.6) is 0 Å². The van der Waals surface area contributed by atoms with Crippen molar-refractivity contribution in [3.05, 3.63) is 24.3 Å². The van der Waals surface area contributed by atoms with Crippen LogP contribution >= 0.6 is 23.1 Å². The molecule has 0 aliphatic rings. The summed E-state index contributed by atoms with van der Waals surface area (Å²) in [6, 6.07) is 8.14. The van der Waals surface area contributed by atoms with Crippen molar-refractivity contribution >= 4 is 44.2 Å². The Labute approximate surface area is 117 Å². The second-order valence-electron chi connectivity index (χ2n) is 3.86. The van der Waals surface area contributed by atoms with E-state index in [1.165, 1.54) is 23.4 Å². The van der Waals surface area contributed by atoms with Crippen LogP contribution in [0.2, 0.25) is 0 Å². The van der Waals surface area contributed by atoms with Gasteiger partial charge in [0.25, 0.3) is 0 Å². The molecule has 3 rings (SSSR count). The summed E-state index contributed by atoms with van der Waals surface area (Å²) in [5.74, 6) is 0.415. The van der Waals surface area contributed by atoms with Gasteiger partial charge in [0, 0.05) is 12.7 Å². The van der Waals surface area contributed by atoms with Crippen LogP contribution in [0, 0.1) is 0 Å². The highest BCUT2D eigenvalue weighted by Crippen LogP contribution is 2.29. The lowest BCUT2D eigenvalue weighted by molar-refractivity contribution is -0.140. The van der Waals surface area contributed by atoms with E-state index in [1.54, 1.807) is 11.3 Å². The Morgan fingerprint density at radius 2 is 2.26 bits per heavy atom. The van der Waals surface area contributed by atoms with Gasteiger partial charge in [0.1, 0.15) is 6.61 Å². The summed E-state index contributed by atoms with van der Waals surface area (Å²) < 4.78 is 8.14. The Kier molecular flexibility index (Phi) is 3.39. The molecular weight excluding hydrogens is 282 g/mol. The van der Waals surface area contributed by atoms with Gasteiger partial charge in [-0.1, -0.05) is 35.2 Å². The van der Waals surface area contributed by atoms with E-state index in [-0.39, 0.29) is 5.97 Å². The Hall–Kier alpha value is -1.60. The monoisotopic (exact) mass is 293 g/mol. The van der Waals surface area contributed by atoms with E-state index < -0.39 is 0 Å². The fourth-order valence-electron chi connectivity index (χ4n) is 1.77. The minimum Gasteiger partial charge on any atom is -0.465 e. The summed E-state index contributed by atoms with van der Waals surface area (Å²) in [6.07, 6.45) is 0. The maximum Gasteiger partial charge on any atom is 0.302 e. The summed E-state index contributed by atoms with van der Waals surface area (Å²) in [6.45, 7) is 1.79. The Morgan fingerprint density at radius 3 is 3.11 bits per heavy atom. The van der Waals surface area contributed by atoms with E-state index >= 15 is 0 Å². The van der Waals surface area contributed by atoms with Crippen LogP contribution in [0.4, 0.5) is 0 Å². The number of benzene rings is 1. The van der Waals surface area contributed by atoms with Gasteiger partial charge >= 0.3 is 5.97 Å². The van der Waals surface area contributed by atoms with Gasteiger partial charge in [-0.2, -0.15) is 0 Å². The fraction of sp³-hybridized carbons (Fsp3) is 0.250. The Balaban J connectivity index is 1.85. The van der Waals surface area contributed by atoms with Gasteiger partial charge < -0.3 is 4.74 Å². The molecule has 0 saturated heterocycles. The normalized spacial score (nSPS) is 11.2. The van der Waals surface area contributed by atoms with Crippen LogP contribution in [0.15, 0.2) is 29.4 Å². The van der Waals surface area contributed by atoms with Crippen LogP contribution < -0.4 is 0 Å². The third-order valence-electron chi connectivity index (χ3n) is 2.53. The minimum absolute atomic E-state index is 0.257. The standard InChI is InChI=1S/C12H11N3O2S2/c1-8(16)17-6-7-18-11-13-14-12-15(11)9-4-2-3-5-10(9)19-12/h2-5H,6-7H2,1H3. The predicted octanol–water partition coefficient (Wildman–Crippen LogP) is 2.60. The number of carbonyl (C=O) groups is 1. The molecule has 7 heteroatoms. The molecule has 0 unspecified atom stereocenters. The zero-order valence-electron chi connectivity index (χ0n) is 10.2. The number of para-hydroxylation sites is 1. The molecule has 1 aromatic carbocycles. The first kappa shape index (κ1) is 12.4. The molecule has 0 aliphatic heterocycles. The van der Waals surface area contributed by atoms with Crippen molar-refractivity contribution in [2.75, 3.05) is 12.4 Å². The van der Waals surface area contributed by atoms with Crippen LogP contribution in [-0.4, -0.2) is 32.9 Å². The molecule has 0 aliphatic carbocycles. The molecule has 0 N–H and O–H groups in total. The highest BCUT2D eigenvalue weighted by atomic mass is 32.2. The number of hydrogen-bond donors (Lipinski definition) is 0. The number of aromatic nitrogens is 3. The summed E-state index contributed by atoms with van der Waals surface area (Å²) in [4.78, 5) is 11.6. The molecule has 0 amide bonds. The van der Waals surface area contributed by atoms with Crippen molar-refractivity contribution < 1.29 is 9.53 Å². The third kappa shape index (κ3) is 2.43. The zero-order chi connectivity index (χ0) is 13.2. The highest BCUT2D eigenvalue weighted by Gasteiger charge is 2.12. The zero-order valence-corrected chi connectivity index (χ0v) is 11.8. The van der Waals surface area contributed by atoms with E-state index in [2.05, 4.69) is 22.3 Å².